The minimum absolute atomic E-state index is 0.393. The second-order valence-electron chi connectivity index (χ2n) is 8.01. The van der Waals surface area contributed by atoms with E-state index in [-0.39, 0.29) is 0 Å². The fraction of sp³-hybridized carbons (Fsp3) is 0.700. The molecule has 0 amide bonds. The van der Waals surface area contributed by atoms with Gasteiger partial charge in [0.2, 0.25) is 0 Å². The van der Waals surface area contributed by atoms with Gasteiger partial charge in [0.25, 0.3) is 0 Å². The smallest absolute Gasteiger partial charge is 0.0186 e. The molecular weight excluding hydrogens is 240 g/mol. The Morgan fingerprint density at radius 1 is 0.800 bits per heavy atom. The molecule has 4 atom stereocenters. The average molecular weight is 270 g/mol. The van der Waals surface area contributed by atoms with Crippen LogP contribution >= 0.6 is 0 Å². The fourth-order valence-corrected chi connectivity index (χ4v) is 4.92. The highest BCUT2D eigenvalue weighted by Crippen LogP contribution is 2.75. The molecule has 0 aromatic rings. The Balaban J connectivity index is 1.87. The van der Waals surface area contributed by atoms with Gasteiger partial charge in [-0.25, -0.2) is 0 Å². The van der Waals surface area contributed by atoms with Gasteiger partial charge in [0.15, 0.2) is 0 Å². The third kappa shape index (κ3) is 1.54. The molecular formula is C20H30. The highest BCUT2D eigenvalue weighted by Gasteiger charge is 2.63. The zero-order valence-corrected chi connectivity index (χ0v) is 14.1. The first-order valence-corrected chi connectivity index (χ1v) is 8.57. The first kappa shape index (κ1) is 14.2. The zero-order valence-electron chi connectivity index (χ0n) is 14.1. The number of rotatable bonds is 6. The van der Waals surface area contributed by atoms with Crippen LogP contribution in [0.25, 0.3) is 0 Å². The Morgan fingerprint density at radius 2 is 1.15 bits per heavy atom. The molecule has 4 unspecified atom stereocenters. The quantitative estimate of drug-likeness (QED) is 0.550. The molecule has 4 bridgehead atoms. The lowest BCUT2D eigenvalue weighted by atomic mass is 9.37. The number of hydrogen-bond acceptors (Lipinski definition) is 0. The van der Waals surface area contributed by atoms with E-state index in [4.69, 9.17) is 0 Å². The van der Waals surface area contributed by atoms with E-state index in [1.165, 1.54) is 25.7 Å². The normalized spacial score (nSPS) is 36.7. The van der Waals surface area contributed by atoms with E-state index >= 15 is 0 Å². The summed E-state index contributed by atoms with van der Waals surface area (Å²) in [6, 6.07) is 0. The lowest BCUT2D eigenvalue weighted by molar-refractivity contribution is 0.219. The maximum absolute atomic E-state index is 2.49. The summed E-state index contributed by atoms with van der Waals surface area (Å²) < 4.78 is 0. The van der Waals surface area contributed by atoms with Gasteiger partial charge in [-0.2, -0.15) is 0 Å². The highest BCUT2D eigenvalue weighted by atomic mass is 14.7. The molecule has 0 aliphatic heterocycles. The summed E-state index contributed by atoms with van der Waals surface area (Å²) >= 11 is 0. The van der Waals surface area contributed by atoms with Gasteiger partial charge in [-0.1, -0.05) is 66.5 Å². The first-order chi connectivity index (χ1) is 9.38. The van der Waals surface area contributed by atoms with Crippen molar-refractivity contribution in [3.8, 4) is 0 Å². The molecule has 4 aliphatic carbocycles. The molecule has 0 fully saturated rings. The maximum Gasteiger partial charge on any atom is 0.0186 e. The number of allylic oxidation sites excluding steroid dienone is 6. The van der Waals surface area contributed by atoms with Crippen LogP contribution in [0.2, 0.25) is 0 Å². The topological polar surface area (TPSA) is 0 Å². The molecule has 0 aromatic heterocycles. The predicted octanol–water partition coefficient (Wildman–Crippen LogP) is 6.06. The van der Waals surface area contributed by atoms with Crippen molar-refractivity contribution in [3.63, 3.8) is 0 Å². The van der Waals surface area contributed by atoms with Crippen molar-refractivity contribution in [2.24, 2.45) is 22.7 Å². The molecule has 4 aliphatic rings. The summed E-state index contributed by atoms with van der Waals surface area (Å²) in [6.07, 6.45) is 10.1. The molecule has 0 radical (unpaired) electrons. The van der Waals surface area contributed by atoms with Crippen molar-refractivity contribution < 1.29 is 0 Å². The third-order valence-corrected chi connectivity index (χ3v) is 6.41. The summed E-state index contributed by atoms with van der Waals surface area (Å²) in [5.41, 5.74) is 7.61. The first-order valence-electron chi connectivity index (χ1n) is 8.57. The van der Waals surface area contributed by atoms with Crippen LogP contribution in [0.3, 0.4) is 0 Å². The van der Waals surface area contributed by atoms with Crippen LogP contribution < -0.4 is 0 Å². The summed E-state index contributed by atoms with van der Waals surface area (Å²) in [6.45, 7) is 14.4. The van der Waals surface area contributed by atoms with Crippen molar-refractivity contribution in [2.45, 2.75) is 67.2 Å². The van der Waals surface area contributed by atoms with Crippen LogP contribution in [0.15, 0.2) is 34.4 Å². The minimum atomic E-state index is 0.393. The van der Waals surface area contributed by atoms with Crippen LogP contribution in [0.1, 0.15) is 67.2 Å². The van der Waals surface area contributed by atoms with E-state index in [0.717, 1.165) is 11.8 Å². The van der Waals surface area contributed by atoms with Crippen molar-refractivity contribution in [1.82, 2.24) is 0 Å². The van der Waals surface area contributed by atoms with E-state index in [9.17, 15) is 0 Å². The molecule has 0 saturated heterocycles. The van der Waals surface area contributed by atoms with Crippen molar-refractivity contribution >= 4 is 0 Å². The van der Waals surface area contributed by atoms with Crippen molar-refractivity contribution in [2.75, 3.05) is 0 Å². The Morgan fingerprint density at radius 3 is 1.40 bits per heavy atom. The van der Waals surface area contributed by atoms with Gasteiger partial charge in [0.1, 0.15) is 0 Å². The Labute approximate surface area is 125 Å². The second kappa shape index (κ2) is 4.36. The molecule has 0 nitrogen and oxygen atoms in total. The molecule has 0 spiro atoms. The lowest BCUT2D eigenvalue weighted by Crippen LogP contribution is -2.54. The molecule has 0 heterocycles. The van der Waals surface area contributed by atoms with E-state index in [1.807, 2.05) is 0 Å². The monoisotopic (exact) mass is 270 g/mol. The van der Waals surface area contributed by atoms with Crippen LogP contribution in [0.4, 0.5) is 0 Å². The Bertz CT molecular complexity index is 482. The minimum Gasteiger partial charge on any atom is -0.0651 e. The van der Waals surface area contributed by atoms with Gasteiger partial charge in [0, 0.05) is 10.8 Å². The Hall–Kier alpha value is -0.780. The number of hydrogen-bond donors (Lipinski definition) is 0. The van der Waals surface area contributed by atoms with Crippen LogP contribution in [-0.2, 0) is 0 Å². The summed E-state index contributed by atoms with van der Waals surface area (Å²) in [5, 5.41) is 0. The molecule has 0 saturated carbocycles. The predicted molar refractivity (Wildman–Crippen MR) is 87.6 cm³/mol. The van der Waals surface area contributed by atoms with Crippen LogP contribution in [0.5, 0.6) is 0 Å². The molecule has 0 N–H and O–H groups in total. The average Bonchev–Trinajstić information content (AvgIpc) is 2.45. The van der Waals surface area contributed by atoms with Gasteiger partial charge in [-0.05, 0) is 47.0 Å². The maximum atomic E-state index is 2.49. The van der Waals surface area contributed by atoms with E-state index in [2.05, 4.69) is 53.7 Å². The molecule has 110 valence electrons. The van der Waals surface area contributed by atoms with Gasteiger partial charge in [-0.15, -0.1) is 0 Å². The highest BCUT2D eigenvalue weighted by molar-refractivity contribution is 5.81. The second-order valence-corrected chi connectivity index (χ2v) is 8.01. The standard InChI is InChI=1S/C20H30/c1-7-13(3)11-19(5)15-9-10-16-17(19)18(15)20(16,6)12-14(4)8-2/h9-10,13-14H,7-8,11-12H2,1-6H3. The fourth-order valence-electron chi connectivity index (χ4n) is 4.92. The van der Waals surface area contributed by atoms with E-state index < -0.39 is 0 Å². The van der Waals surface area contributed by atoms with E-state index in [0.29, 0.717) is 10.8 Å². The van der Waals surface area contributed by atoms with Crippen LogP contribution in [0, 0.1) is 22.7 Å². The SMILES string of the molecule is CCC(C)CC1(C)c2ccc3c1c2C3(C)CC(C)CC. The largest absolute Gasteiger partial charge is 0.0651 e. The van der Waals surface area contributed by atoms with Crippen LogP contribution in [-0.4, -0.2) is 0 Å². The Kier molecular flexibility index (Phi) is 3.09. The molecule has 4 rings (SSSR count). The molecule has 0 aromatic carbocycles. The van der Waals surface area contributed by atoms with Gasteiger partial charge < -0.3 is 0 Å². The molecule has 0 heteroatoms. The number of fused-ring (bicyclic) bond motifs is 1. The molecule has 20 heavy (non-hydrogen) atoms. The third-order valence-electron chi connectivity index (χ3n) is 6.41. The summed E-state index contributed by atoms with van der Waals surface area (Å²) in [7, 11) is 0. The zero-order chi connectivity index (χ0) is 14.7. The summed E-state index contributed by atoms with van der Waals surface area (Å²) in [5.74, 6) is 1.66. The van der Waals surface area contributed by atoms with E-state index in [1.54, 1.807) is 22.3 Å². The van der Waals surface area contributed by atoms with Gasteiger partial charge in [-0.3, -0.25) is 0 Å². The van der Waals surface area contributed by atoms with Crippen molar-refractivity contribution in [3.05, 3.63) is 34.4 Å². The van der Waals surface area contributed by atoms with Gasteiger partial charge >= 0.3 is 0 Å². The van der Waals surface area contributed by atoms with Gasteiger partial charge in [0.05, 0.1) is 0 Å². The van der Waals surface area contributed by atoms with Crippen molar-refractivity contribution in [1.29, 1.82) is 0 Å². The summed E-state index contributed by atoms with van der Waals surface area (Å²) in [4.78, 5) is 0. The lowest BCUT2D eigenvalue weighted by Gasteiger charge is -2.66.